The van der Waals surface area contributed by atoms with E-state index >= 15 is 0 Å². The Morgan fingerprint density at radius 2 is 1.83 bits per heavy atom. The van der Waals surface area contributed by atoms with Gasteiger partial charge in [-0.3, -0.25) is 9.36 Å². The van der Waals surface area contributed by atoms with Crippen LogP contribution in [0.5, 0.6) is 11.5 Å². The molecule has 0 N–H and O–H groups in total. The molecule has 0 bridgehead atoms. The third kappa shape index (κ3) is 6.94. The second kappa shape index (κ2) is 14.3. The van der Waals surface area contributed by atoms with E-state index in [1.165, 1.54) is 11.3 Å². The number of aromatic nitrogens is 1. The van der Waals surface area contributed by atoms with E-state index < -0.39 is 12.0 Å². The Kier molecular flexibility index (Phi) is 9.98. The summed E-state index contributed by atoms with van der Waals surface area (Å²) in [5.74, 6) is 0.660. The summed E-state index contributed by atoms with van der Waals surface area (Å²) >= 11 is 17.2. The van der Waals surface area contributed by atoms with Gasteiger partial charge < -0.3 is 14.2 Å². The molecule has 0 aliphatic carbocycles. The predicted molar refractivity (Wildman–Crippen MR) is 189 cm³/mol. The van der Waals surface area contributed by atoms with Crippen LogP contribution in [0.1, 0.15) is 35.2 Å². The second-order valence-electron chi connectivity index (χ2n) is 10.4. The molecule has 11 heteroatoms. The summed E-state index contributed by atoms with van der Waals surface area (Å²) in [5, 5.41) is 1.08. The van der Waals surface area contributed by atoms with Crippen molar-refractivity contribution in [1.29, 1.82) is 0 Å². The van der Waals surface area contributed by atoms with E-state index in [2.05, 4.69) is 15.9 Å². The fourth-order valence-corrected chi connectivity index (χ4v) is 7.21. The lowest BCUT2D eigenvalue weighted by Gasteiger charge is -2.26. The van der Waals surface area contributed by atoms with Gasteiger partial charge in [0.2, 0.25) is 0 Å². The van der Waals surface area contributed by atoms with Gasteiger partial charge >= 0.3 is 5.97 Å². The summed E-state index contributed by atoms with van der Waals surface area (Å²) < 4.78 is 19.8. The van der Waals surface area contributed by atoms with Gasteiger partial charge in [-0.05, 0) is 76.5 Å². The van der Waals surface area contributed by atoms with Crippen LogP contribution < -0.4 is 24.4 Å². The number of carbonyl (C=O) groups excluding carboxylic acids is 1. The van der Waals surface area contributed by atoms with Gasteiger partial charge in [-0.1, -0.05) is 89.1 Å². The number of thiazole rings is 1. The monoisotopic (exact) mass is 748 g/mol. The van der Waals surface area contributed by atoms with Crippen molar-refractivity contribution in [2.24, 2.45) is 4.99 Å². The van der Waals surface area contributed by atoms with Crippen LogP contribution in [-0.4, -0.2) is 24.3 Å². The van der Waals surface area contributed by atoms with Crippen molar-refractivity contribution >= 4 is 68.2 Å². The van der Waals surface area contributed by atoms with Gasteiger partial charge in [-0.25, -0.2) is 9.79 Å². The molecule has 47 heavy (non-hydrogen) atoms. The van der Waals surface area contributed by atoms with Crippen molar-refractivity contribution in [1.82, 2.24) is 4.57 Å². The number of hydrogen-bond donors (Lipinski definition) is 0. The van der Waals surface area contributed by atoms with Gasteiger partial charge in [0, 0.05) is 21.2 Å². The molecule has 1 aromatic heterocycles. The van der Waals surface area contributed by atoms with Crippen LogP contribution in [0.2, 0.25) is 10.0 Å². The number of nitrogens with zero attached hydrogens (tertiary/aromatic N) is 2. The topological polar surface area (TPSA) is 79.1 Å². The van der Waals surface area contributed by atoms with Crippen LogP contribution in [0.15, 0.2) is 111 Å². The Morgan fingerprint density at radius 1 is 1.02 bits per heavy atom. The van der Waals surface area contributed by atoms with Crippen molar-refractivity contribution in [3.8, 4) is 11.5 Å². The average molecular weight is 750 g/mol. The van der Waals surface area contributed by atoms with E-state index in [4.69, 9.17) is 42.4 Å². The Hall–Kier alpha value is -4.15. The van der Waals surface area contributed by atoms with E-state index in [0.29, 0.717) is 46.6 Å². The molecule has 0 saturated heterocycles. The lowest BCUT2D eigenvalue weighted by Crippen LogP contribution is -2.40. The molecule has 4 aromatic carbocycles. The SMILES string of the molecule is CCOC(=O)C1=C(c2ccccc2)N=c2s/c(=C\c3ccc(OCc4ccc(Cl)cc4Cl)c(Br)c3)c(=O)n2[C@@H]1c1cccc(OC)c1. The van der Waals surface area contributed by atoms with Crippen molar-refractivity contribution in [3.05, 3.63) is 153 Å². The molecule has 238 valence electrons. The van der Waals surface area contributed by atoms with E-state index in [1.807, 2.05) is 78.9 Å². The lowest BCUT2D eigenvalue weighted by atomic mass is 9.93. The van der Waals surface area contributed by atoms with Crippen molar-refractivity contribution in [3.63, 3.8) is 0 Å². The molecule has 0 radical (unpaired) electrons. The minimum Gasteiger partial charge on any atom is -0.497 e. The maximum atomic E-state index is 14.2. The molecule has 7 nitrogen and oxygen atoms in total. The minimum absolute atomic E-state index is 0.168. The molecule has 0 unspecified atom stereocenters. The zero-order chi connectivity index (χ0) is 33.1. The molecule has 0 spiro atoms. The van der Waals surface area contributed by atoms with E-state index in [-0.39, 0.29) is 24.3 Å². The number of ether oxygens (including phenoxy) is 3. The Balaban J connectivity index is 1.45. The van der Waals surface area contributed by atoms with Crippen molar-refractivity contribution in [2.45, 2.75) is 19.6 Å². The summed E-state index contributed by atoms with van der Waals surface area (Å²) in [5.41, 5.74) is 3.43. The molecular formula is C36H27BrCl2N2O5S. The van der Waals surface area contributed by atoms with Gasteiger partial charge in [-0.15, -0.1) is 0 Å². The average Bonchev–Trinajstić information content (AvgIpc) is 3.38. The highest BCUT2D eigenvalue weighted by atomic mass is 79.9. The highest BCUT2D eigenvalue weighted by molar-refractivity contribution is 9.10. The van der Waals surface area contributed by atoms with Crippen LogP contribution in [0.3, 0.4) is 0 Å². The number of methoxy groups -OCH3 is 1. The predicted octanol–water partition coefficient (Wildman–Crippen LogP) is 7.59. The number of benzene rings is 4. The zero-order valence-corrected chi connectivity index (χ0v) is 29.1. The summed E-state index contributed by atoms with van der Waals surface area (Å²) in [7, 11) is 1.57. The molecule has 2 heterocycles. The Bertz CT molecular complexity index is 2200. The van der Waals surface area contributed by atoms with Gasteiger partial charge in [0.05, 0.1) is 40.0 Å². The molecule has 1 aliphatic heterocycles. The molecule has 0 saturated carbocycles. The summed E-state index contributed by atoms with van der Waals surface area (Å²) in [6.45, 7) is 2.17. The Morgan fingerprint density at radius 3 is 2.55 bits per heavy atom. The number of halogens is 3. The summed E-state index contributed by atoms with van der Waals surface area (Å²) in [4.78, 5) is 33.2. The number of hydrogen-bond acceptors (Lipinski definition) is 7. The van der Waals surface area contributed by atoms with Crippen LogP contribution in [0.25, 0.3) is 11.8 Å². The van der Waals surface area contributed by atoms with Crippen LogP contribution in [0.4, 0.5) is 0 Å². The quantitative estimate of drug-likeness (QED) is 0.145. The molecular weight excluding hydrogens is 723 g/mol. The third-order valence-corrected chi connectivity index (χ3v) is 9.62. The van der Waals surface area contributed by atoms with Gasteiger partial charge in [0.1, 0.15) is 18.1 Å². The van der Waals surface area contributed by atoms with Gasteiger partial charge in [0.15, 0.2) is 4.80 Å². The molecule has 5 aromatic rings. The number of fused-ring (bicyclic) bond motifs is 1. The molecule has 1 atom stereocenters. The van der Waals surface area contributed by atoms with E-state index in [0.717, 1.165) is 16.7 Å². The van der Waals surface area contributed by atoms with Crippen molar-refractivity contribution < 1.29 is 19.0 Å². The smallest absolute Gasteiger partial charge is 0.338 e. The van der Waals surface area contributed by atoms with E-state index in [1.54, 1.807) is 36.8 Å². The molecule has 0 amide bonds. The molecule has 6 rings (SSSR count). The first kappa shape index (κ1) is 32.8. The third-order valence-electron chi connectivity index (χ3n) is 7.44. The van der Waals surface area contributed by atoms with Crippen LogP contribution >= 0.6 is 50.5 Å². The molecule has 1 aliphatic rings. The first-order chi connectivity index (χ1) is 22.8. The zero-order valence-electron chi connectivity index (χ0n) is 25.2. The minimum atomic E-state index is -0.806. The standard InChI is InChI=1S/C36H27BrCl2N2O5S/c1-3-45-35(43)31-32(22-8-5-4-6-9-22)40-36-41(33(31)23-10-7-11-26(18-23)44-2)34(42)30(47-36)17-21-12-15-29(27(37)16-21)46-20-24-13-14-25(38)19-28(24)39/h4-19,33H,3,20H2,1-2H3/b30-17-/t33-/m1/s1. The highest BCUT2D eigenvalue weighted by Crippen LogP contribution is 2.36. The summed E-state index contributed by atoms with van der Waals surface area (Å²) in [6, 6.07) is 26.8. The maximum Gasteiger partial charge on any atom is 0.338 e. The maximum absolute atomic E-state index is 14.2. The summed E-state index contributed by atoms with van der Waals surface area (Å²) in [6.07, 6.45) is 1.80. The number of rotatable bonds is 9. The highest BCUT2D eigenvalue weighted by Gasteiger charge is 2.35. The normalized spacial score (nSPS) is 14.4. The lowest BCUT2D eigenvalue weighted by molar-refractivity contribution is -0.138. The fourth-order valence-electron chi connectivity index (χ4n) is 5.24. The second-order valence-corrected chi connectivity index (χ2v) is 13.1. The largest absolute Gasteiger partial charge is 0.497 e. The first-order valence-corrected chi connectivity index (χ1v) is 16.9. The first-order valence-electron chi connectivity index (χ1n) is 14.6. The van der Waals surface area contributed by atoms with Gasteiger partial charge in [0.25, 0.3) is 5.56 Å². The Labute approximate surface area is 293 Å². The number of carbonyl (C=O) groups is 1. The number of esters is 1. The van der Waals surface area contributed by atoms with Crippen LogP contribution in [0, 0.1) is 0 Å². The van der Waals surface area contributed by atoms with Gasteiger partial charge in [-0.2, -0.15) is 0 Å². The van der Waals surface area contributed by atoms with Crippen LogP contribution in [-0.2, 0) is 16.1 Å². The fraction of sp³-hybridized carbons (Fsp3) is 0.139. The van der Waals surface area contributed by atoms with E-state index in [9.17, 15) is 9.59 Å². The molecule has 0 fully saturated rings. The van der Waals surface area contributed by atoms with Crippen molar-refractivity contribution in [2.75, 3.05) is 13.7 Å².